The van der Waals surface area contributed by atoms with Gasteiger partial charge >= 0.3 is 0 Å². The van der Waals surface area contributed by atoms with E-state index in [-0.39, 0.29) is 11.8 Å². The van der Waals surface area contributed by atoms with Crippen LogP contribution in [0.25, 0.3) is 11.3 Å². The SMILES string of the molecule is CC(=O)NCCCc1ccc(-c2csc(NC(=O)CCc3ccco3)n2)cc1. The molecule has 146 valence electrons. The molecule has 2 N–H and O–H groups in total. The number of hydrogen-bond acceptors (Lipinski definition) is 5. The Labute approximate surface area is 168 Å². The highest BCUT2D eigenvalue weighted by molar-refractivity contribution is 7.14. The summed E-state index contributed by atoms with van der Waals surface area (Å²) in [6, 6.07) is 11.9. The second-order valence-electron chi connectivity index (χ2n) is 6.45. The lowest BCUT2D eigenvalue weighted by Gasteiger charge is -2.04. The van der Waals surface area contributed by atoms with Crippen LogP contribution >= 0.6 is 11.3 Å². The van der Waals surface area contributed by atoms with Gasteiger partial charge < -0.3 is 15.1 Å². The largest absolute Gasteiger partial charge is 0.469 e. The fourth-order valence-electron chi connectivity index (χ4n) is 2.74. The Morgan fingerprint density at radius 1 is 1.14 bits per heavy atom. The molecule has 0 saturated heterocycles. The van der Waals surface area contributed by atoms with Crippen LogP contribution in [-0.2, 0) is 22.4 Å². The van der Waals surface area contributed by atoms with Crippen molar-refractivity contribution in [3.8, 4) is 11.3 Å². The predicted octanol–water partition coefficient (Wildman–Crippen LogP) is 4.04. The van der Waals surface area contributed by atoms with Crippen molar-refractivity contribution in [1.82, 2.24) is 10.3 Å². The molecular weight excluding hydrogens is 374 g/mol. The molecule has 7 heteroatoms. The molecule has 1 aromatic carbocycles. The topological polar surface area (TPSA) is 84.2 Å². The summed E-state index contributed by atoms with van der Waals surface area (Å²) >= 11 is 1.41. The van der Waals surface area contributed by atoms with E-state index in [4.69, 9.17) is 4.42 Å². The number of anilines is 1. The summed E-state index contributed by atoms with van der Waals surface area (Å²) in [5.41, 5.74) is 3.07. The fourth-order valence-corrected chi connectivity index (χ4v) is 3.47. The molecule has 0 spiro atoms. The Kier molecular flexibility index (Phi) is 6.97. The van der Waals surface area contributed by atoms with Crippen LogP contribution < -0.4 is 10.6 Å². The Morgan fingerprint density at radius 2 is 1.96 bits per heavy atom. The third kappa shape index (κ3) is 6.06. The van der Waals surface area contributed by atoms with Crippen LogP contribution in [-0.4, -0.2) is 23.3 Å². The molecule has 0 aliphatic heterocycles. The predicted molar refractivity (Wildman–Crippen MR) is 110 cm³/mol. The average molecular weight is 398 g/mol. The van der Waals surface area contributed by atoms with E-state index in [1.165, 1.54) is 23.8 Å². The number of thiazole rings is 1. The van der Waals surface area contributed by atoms with E-state index in [0.29, 0.717) is 24.5 Å². The van der Waals surface area contributed by atoms with Crippen molar-refractivity contribution in [1.29, 1.82) is 0 Å². The first kappa shape index (κ1) is 19.8. The molecule has 0 bridgehead atoms. The normalized spacial score (nSPS) is 10.6. The summed E-state index contributed by atoms with van der Waals surface area (Å²) in [5, 5.41) is 8.18. The van der Waals surface area contributed by atoms with Crippen molar-refractivity contribution < 1.29 is 14.0 Å². The second-order valence-corrected chi connectivity index (χ2v) is 7.31. The van der Waals surface area contributed by atoms with Crippen LogP contribution in [0.4, 0.5) is 5.13 Å². The molecule has 3 aromatic rings. The van der Waals surface area contributed by atoms with Crippen LogP contribution in [0, 0.1) is 0 Å². The minimum atomic E-state index is -0.0770. The molecule has 0 unspecified atom stereocenters. The van der Waals surface area contributed by atoms with E-state index < -0.39 is 0 Å². The lowest BCUT2D eigenvalue weighted by molar-refractivity contribution is -0.119. The van der Waals surface area contributed by atoms with Crippen molar-refractivity contribution in [2.24, 2.45) is 0 Å². The molecule has 0 fully saturated rings. The molecule has 2 amide bonds. The van der Waals surface area contributed by atoms with Crippen LogP contribution in [0.1, 0.15) is 31.1 Å². The molecule has 3 rings (SSSR count). The Balaban J connectivity index is 1.48. The Bertz CT molecular complexity index is 901. The minimum Gasteiger partial charge on any atom is -0.469 e. The summed E-state index contributed by atoms with van der Waals surface area (Å²) in [6.07, 6.45) is 4.35. The third-order valence-corrected chi connectivity index (χ3v) is 4.95. The first-order valence-corrected chi connectivity index (χ1v) is 10.1. The Hall–Kier alpha value is -2.93. The van der Waals surface area contributed by atoms with Gasteiger partial charge in [0.1, 0.15) is 5.76 Å². The van der Waals surface area contributed by atoms with Crippen molar-refractivity contribution in [2.45, 2.75) is 32.6 Å². The minimum absolute atomic E-state index is 0.00254. The molecular formula is C21H23N3O3S. The van der Waals surface area contributed by atoms with Crippen molar-refractivity contribution in [3.63, 3.8) is 0 Å². The van der Waals surface area contributed by atoms with Gasteiger partial charge in [-0.3, -0.25) is 9.59 Å². The van der Waals surface area contributed by atoms with Crippen LogP contribution in [0.5, 0.6) is 0 Å². The highest BCUT2D eigenvalue weighted by atomic mass is 32.1. The zero-order valence-corrected chi connectivity index (χ0v) is 16.6. The number of nitrogens with zero attached hydrogens (tertiary/aromatic N) is 1. The molecule has 6 nitrogen and oxygen atoms in total. The zero-order chi connectivity index (χ0) is 19.8. The van der Waals surface area contributed by atoms with E-state index in [2.05, 4.69) is 27.8 Å². The van der Waals surface area contributed by atoms with Gasteiger partial charge in [-0.15, -0.1) is 11.3 Å². The molecule has 2 aromatic heterocycles. The molecule has 0 radical (unpaired) electrons. The van der Waals surface area contributed by atoms with Crippen LogP contribution in [0.15, 0.2) is 52.5 Å². The number of amides is 2. The lowest BCUT2D eigenvalue weighted by Crippen LogP contribution is -2.21. The van der Waals surface area contributed by atoms with Crippen molar-refractivity contribution >= 4 is 28.3 Å². The average Bonchev–Trinajstić information content (AvgIpc) is 3.36. The number of benzene rings is 1. The molecule has 28 heavy (non-hydrogen) atoms. The molecule has 2 heterocycles. The molecule has 0 saturated carbocycles. The van der Waals surface area contributed by atoms with E-state index in [1.807, 2.05) is 29.6 Å². The van der Waals surface area contributed by atoms with Gasteiger partial charge in [0.05, 0.1) is 12.0 Å². The highest BCUT2D eigenvalue weighted by Gasteiger charge is 2.09. The maximum absolute atomic E-state index is 12.1. The molecule has 0 aliphatic carbocycles. The molecule has 0 aliphatic rings. The summed E-state index contributed by atoms with van der Waals surface area (Å²) in [6.45, 7) is 2.21. The van der Waals surface area contributed by atoms with Crippen LogP contribution in [0.3, 0.4) is 0 Å². The van der Waals surface area contributed by atoms with Gasteiger partial charge in [-0.2, -0.15) is 0 Å². The summed E-state index contributed by atoms with van der Waals surface area (Å²) in [4.78, 5) is 27.4. The van der Waals surface area contributed by atoms with Crippen molar-refractivity contribution in [2.75, 3.05) is 11.9 Å². The first-order chi connectivity index (χ1) is 13.6. The summed E-state index contributed by atoms with van der Waals surface area (Å²) < 4.78 is 5.24. The fraction of sp³-hybridized carbons (Fsp3) is 0.286. The quantitative estimate of drug-likeness (QED) is 0.534. The van der Waals surface area contributed by atoms with Gasteiger partial charge in [0, 0.05) is 37.3 Å². The van der Waals surface area contributed by atoms with Crippen LogP contribution in [0.2, 0.25) is 0 Å². The number of rotatable bonds is 9. The van der Waals surface area contributed by atoms with Gasteiger partial charge in [-0.1, -0.05) is 24.3 Å². The van der Waals surface area contributed by atoms with Gasteiger partial charge in [-0.25, -0.2) is 4.98 Å². The summed E-state index contributed by atoms with van der Waals surface area (Å²) in [7, 11) is 0. The van der Waals surface area contributed by atoms with E-state index in [1.54, 1.807) is 6.26 Å². The van der Waals surface area contributed by atoms with E-state index >= 15 is 0 Å². The number of nitrogens with one attached hydrogen (secondary N) is 2. The van der Waals surface area contributed by atoms with Gasteiger partial charge in [0.15, 0.2) is 5.13 Å². The Morgan fingerprint density at radius 3 is 2.68 bits per heavy atom. The monoisotopic (exact) mass is 397 g/mol. The standard InChI is InChI=1S/C21H23N3O3S/c1-15(25)22-12-2-4-16-6-8-17(9-7-16)19-14-28-21(23-19)24-20(26)11-10-18-5-3-13-27-18/h3,5-9,13-14H,2,4,10-12H2,1H3,(H,22,25)(H,23,24,26). The lowest BCUT2D eigenvalue weighted by atomic mass is 10.1. The smallest absolute Gasteiger partial charge is 0.226 e. The second kappa shape index (κ2) is 9.85. The highest BCUT2D eigenvalue weighted by Crippen LogP contribution is 2.25. The third-order valence-electron chi connectivity index (χ3n) is 4.19. The number of furan rings is 1. The molecule has 0 atom stereocenters. The zero-order valence-electron chi connectivity index (χ0n) is 15.7. The first-order valence-electron chi connectivity index (χ1n) is 9.21. The van der Waals surface area contributed by atoms with Gasteiger partial charge in [0.2, 0.25) is 11.8 Å². The van der Waals surface area contributed by atoms with Crippen molar-refractivity contribution in [3.05, 3.63) is 59.4 Å². The maximum Gasteiger partial charge on any atom is 0.226 e. The van der Waals surface area contributed by atoms with Gasteiger partial charge in [-0.05, 0) is 30.5 Å². The van der Waals surface area contributed by atoms with Gasteiger partial charge in [0.25, 0.3) is 0 Å². The number of aromatic nitrogens is 1. The summed E-state index contributed by atoms with van der Waals surface area (Å²) in [5.74, 6) is 0.724. The number of carbonyl (C=O) groups excluding carboxylic acids is 2. The number of hydrogen-bond donors (Lipinski definition) is 2. The number of aryl methyl sites for hydroxylation is 2. The number of carbonyl (C=O) groups is 2. The maximum atomic E-state index is 12.1. The van der Waals surface area contributed by atoms with E-state index in [9.17, 15) is 9.59 Å². The van der Waals surface area contributed by atoms with E-state index in [0.717, 1.165) is 29.9 Å².